The molecule has 1 heterocycles. The lowest BCUT2D eigenvalue weighted by molar-refractivity contribution is 0.312. The maximum Gasteiger partial charge on any atom is 0.323 e. The molecule has 2 N–H and O–H groups in total. The molecule has 2 unspecified atom stereocenters. The number of hydrogen-bond acceptors (Lipinski definition) is 6. The lowest BCUT2D eigenvalue weighted by Gasteiger charge is -2.09. The molecule has 6 nitrogen and oxygen atoms in total. The van der Waals surface area contributed by atoms with Crippen molar-refractivity contribution < 1.29 is 4.74 Å². The monoisotopic (exact) mass is 251 g/mol. The fraction of sp³-hybridized carbons (Fsp3) is 0.750. The van der Waals surface area contributed by atoms with Crippen LogP contribution in [0.5, 0.6) is 6.01 Å². The van der Waals surface area contributed by atoms with E-state index in [1.165, 1.54) is 6.42 Å². The van der Waals surface area contributed by atoms with Gasteiger partial charge in [-0.1, -0.05) is 13.8 Å². The third-order valence-electron chi connectivity index (χ3n) is 2.85. The number of aromatic nitrogens is 3. The molecule has 100 valence electrons. The molecule has 0 bridgehead atoms. The van der Waals surface area contributed by atoms with Crippen LogP contribution in [0.4, 0.5) is 11.9 Å². The Morgan fingerprint density at radius 3 is 2.56 bits per heavy atom. The van der Waals surface area contributed by atoms with Crippen molar-refractivity contribution in [1.29, 1.82) is 0 Å². The summed E-state index contributed by atoms with van der Waals surface area (Å²) >= 11 is 0. The zero-order chi connectivity index (χ0) is 13.0. The van der Waals surface area contributed by atoms with E-state index >= 15 is 0 Å². The third kappa shape index (κ3) is 3.45. The van der Waals surface area contributed by atoms with Gasteiger partial charge in [0, 0.05) is 12.6 Å². The van der Waals surface area contributed by atoms with Crippen LogP contribution in [0.2, 0.25) is 0 Å². The van der Waals surface area contributed by atoms with Crippen molar-refractivity contribution in [2.45, 2.75) is 39.7 Å². The van der Waals surface area contributed by atoms with E-state index in [-0.39, 0.29) is 0 Å². The van der Waals surface area contributed by atoms with Crippen molar-refractivity contribution in [3.63, 3.8) is 0 Å². The van der Waals surface area contributed by atoms with Gasteiger partial charge in [0.1, 0.15) is 0 Å². The summed E-state index contributed by atoms with van der Waals surface area (Å²) in [5.41, 5.74) is 0. The first-order valence-corrected chi connectivity index (χ1v) is 6.62. The molecule has 1 aliphatic rings. The van der Waals surface area contributed by atoms with E-state index in [0.29, 0.717) is 36.5 Å². The van der Waals surface area contributed by atoms with Crippen molar-refractivity contribution in [2.24, 2.45) is 5.92 Å². The fourth-order valence-corrected chi connectivity index (χ4v) is 1.62. The summed E-state index contributed by atoms with van der Waals surface area (Å²) in [6.45, 7) is 7.62. The quantitative estimate of drug-likeness (QED) is 0.771. The van der Waals surface area contributed by atoms with Crippen LogP contribution in [0.3, 0.4) is 0 Å². The van der Waals surface area contributed by atoms with Gasteiger partial charge in [0.2, 0.25) is 11.9 Å². The average molecular weight is 251 g/mol. The van der Waals surface area contributed by atoms with Gasteiger partial charge in [-0.05, 0) is 25.7 Å². The van der Waals surface area contributed by atoms with E-state index in [0.717, 1.165) is 13.0 Å². The molecule has 18 heavy (non-hydrogen) atoms. The SMILES string of the molecule is CCCNc1nc(NC2CC2C)nc(OCC)n1. The summed E-state index contributed by atoms with van der Waals surface area (Å²) in [5, 5.41) is 6.46. The van der Waals surface area contributed by atoms with Gasteiger partial charge in [-0.25, -0.2) is 0 Å². The number of nitrogens with one attached hydrogen (secondary N) is 2. The van der Waals surface area contributed by atoms with E-state index in [1.54, 1.807) is 0 Å². The van der Waals surface area contributed by atoms with Crippen LogP contribution < -0.4 is 15.4 Å². The Morgan fingerprint density at radius 1 is 1.22 bits per heavy atom. The summed E-state index contributed by atoms with van der Waals surface area (Å²) in [7, 11) is 0. The summed E-state index contributed by atoms with van der Waals surface area (Å²) in [5.74, 6) is 1.87. The molecule has 0 amide bonds. The van der Waals surface area contributed by atoms with Crippen molar-refractivity contribution in [3.8, 4) is 6.01 Å². The first-order valence-electron chi connectivity index (χ1n) is 6.62. The van der Waals surface area contributed by atoms with Crippen LogP contribution >= 0.6 is 0 Å². The summed E-state index contributed by atoms with van der Waals surface area (Å²) in [4.78, 5) is 12.8. The number of nitrogens with zero attached hydrogens (tertiary/aromatic N) is 3. The predicted octanol–water partition coefficient (Wildman–Crippen LogP) is 1.91. The smallest absolute Gasteiger partial charge is 0.323 e. The largest absolute Gasteiger partial charge is 0.464 e. The van der Waals surface area contributed by atoms with Crippen molar-refractivity contribution in [1.82, 2.24) is 15.0 Å². The zero-order valence-electron chi connectivity index (χ0n) is 11.2. The Labute approximate surface area is 108 Å². The van der Waals surface area contributed by atoms with E-state index in [1.807, 2.05) is 6.92 Å². The average Bonchev–Trinajstić information content (AvgIpc) is 3.02. The molecule has 1 saturated carbocycles. The highest BCUT2D eigenvalue weighted by molar-refractivity contribution is 5.37. The van der Waals surface area contributed by atoms with Gasteiger partial charge in [-0.2, -0.15) is 15.0 Å². The highest BCUT2D eigenvalue weighted by atomic mass is 16.5. The number of hydrogen-bond donors (Lipinski definition) is 2. The van der Waals surface area contributed by atoms with Gasteiger partial charge in [0.05, 0.1) is 6.61 Å². The molecule has 0 aromatic carbocycles. The molecule has 0 radical (unpaired) electrons. The van der Waals surface area contributed by atoms with Crippen LogP contribution in [0.25, 0.3) is 0 Å². The minimum Gasteiger partial charge on any atom is -0.464 e. The Balaban J connectivity index is 2.08. The second kappa shape index (κ2) is 5.84. The van der Waals surface area contributed by atoms with Crippen molar-refractivity contribution >= 4 is 11.9 Å². The molecule has 2 atom stereocenters. The summed E-state index contributed by atoms with van der Waals surface area (Å²) < 4.78 is 5.35. The maximum atomic E-state index is 5.35. The van der Waals surface area contributed by atoms with Crippen LogP contribution in [0.1, 0.15) is 33.6 Å². The molecule has 0 aliphatic heterocycles. The zero-order valence-corrected chi connectivity index (χ0v) is 11.2. The molecule has 2 rings (SSSR count). The van der Waals surface area contributed by atoms with E-state index in [9.17, 15) is 0 Å². The summed E-state index contributed by atoms with van der Waals surface area (Å²) in [6.07, 6.45) is 2.20. The second-order valence-electron chi connectivity index (χ2n) is 4.59. The highest BCUT2D eigenvalue weighted by Crippen LogP contribution is 2.32. The van der Waals surface area contributed by atoms with Crippen LogP contribution in [0.15, 0.2) is 0 Å². The van der Waals surface area contributed by atoms with Crippen LogP contribution in [-0.4, -0.2) is 34.1 Å². The molecule has 1 aromatic heterocycles. The predicted molar refractivity (Wildman–Crippen MR) is 71.0 cm³/mol. The normalized spacial score (nSPS) is 21.5. The maximum absolute atomic E-state index is 5.35. The van der Waals surface area contributed by atoms with Crippen molar-refractivity contribution in [2.75, 3.05) is 23.8 Å². The second-order valence-corrected chi connectivity index (χ2v) is 4.59. The molecule has 1 aliphatic carbocycles. The lowest BCUT2D eigenvalue weighted by atomic mass is 10.5. The van der Waals surface area contributed by atoms with Crippen molar-refractivity contribution in [3.05, 3.63) is 0 Å². The molecular weight excluding hydrogens is 230 g/mol. The lowest BCUT2D eigenvalue weighted by Crippen LogP contribution is -2.13. The minimum absolute atomic E-state index is 0.377. The molecule has 0 spiro atoms. The van der Waals surface area contributed by atoms with E-state index in [2.05, 4.69) is 39.4 Å². The Hall–Kier alpha value is -1.59. The third-order valence-corrected chi connectivity index (χ3v) is 2.85. The summed E-state index contributed by atoms with van der Waals surface area (Å²) in [6, 6.07) is 0.864. The number of rotatable bonds is 7. The molecular formula is C12H21N5O. The van der Waals surface area contributed by atoms with Gasteiger partial charge >= 0.3 is 6.01 Å². The van der Waals surface area contributed by atoms with Crippen LogP contribution in [0, 0.1) is 5.92 Å². The number of anilines is 2. The first kappa shape index (κ1) is 12.9. The number of ether oxygens (including phenoxy) is 1. The van der Waals surface area contributed by atoms with Gasteiger partial charge < -0.3 is 15.4 Å². The van der Waals surface area contributed by atoms with Crippen LogP contribution in [-0.2, 0) is 0 Å². The minimum atomic E-state index is 0.377. The molecule has 6 heteroatoms. The molecule has 1 aromatic rings. The molecule has 1 fully saturated rings. The Morgan fingerprint density at radius 2 is 1.94 bits per heavy atom. The molecule has 0 saturated heterocycles. The van der Waals surface area contributed by atoms with Gasteiger partial charge in [0.25, 0.3) is 0 Å². The van der Waals surface area contributed by atoms with E-state index < -0.39 is 0 Å². The van der Waals surface area contributed by atoms with Gasteiger partial charge in [-0.15, -0.1) is 0 Å². The van der Waals surface area contributed by atoms with Gasteiger partial charge in [0.15, 0.2) is 0 Å². The Kier molecular flexibility index (Phi) is 4.17. The highest BCUT2D eigenvalue weighted by Gasteiger charge is 2.33. The fourth-order valence-electron chi connectivity index (χ4n) is 1.62. The van der Waals surface area contributed by atoms with Gasteiger partial charge in [-0.3, -0.25) is 0 Å². The standard InChI is InChI=1S/C12H21N5O/c1-4-6-13-10-15-11(14-9-7-8(9)3)17-12(16-10)18-5-2/h8-9H,4-7H2,1-3H3,(H2,13,14,15,16,17). The Bertz CT molecular complexity index is 398. The topological polar surface area (TPSA) is 72.0 Å². The first-order chi connectivity index (χ1) is 8.72. The van der Waals surface area contributed by atoms with E-state index in [4.69, 9.17) is 4.74 Å².